The molecular formula is C27H29F2N5O5. The molecule has 0 spiro atoms. The number of carbonyl (C=O) groups is 1. The number of aryl methyl sites for hydroxylation is 1. The molecule has 206 valence electrons. The lowest BCUT2D eigenvalue weighted by molar-refractivity contribution is -0.286. The quantitative estimate of drug-likeness (QED) is 0.340. The van der Waals surface area contributed by atoms with Crippen molar-refractivity contribution in [1.82, 2.24) is 19.2 Å². The minimum absolute atomic E-state index is 0.138. The van der Waals surface area contributed by atoms with Crippen molar-refractivity contribution in [3.8, 4) is 11.5 Å². The molecule has 1 aliphatic heterocycles. The van der Waals surface area contributed by atoms with Crippen LogP contribution in [0.2, 0.25) is 0 Å². The number of aliphatic hydroxyl groups is 1. The van der Waals surface area contributed by atoms with Crippen LogP contribution in [0, 0.1) is 0 Å². The molecule has 1 amide bonds. The van der Waals surface area contributed by atoms with Crippen molar-refractivity contribution in [2.45, 2.75) is 39.8 Å². The van der Waals surface area contributed by atoms with Gasteiger partial charge in [0.15, 0.2) is 17.7 Å². The molecule has 4 aromatic rings. The number of halogens is 2. The van der Waals surface area contributed by atoms with Crippen molar-refractivity contribution in [2.24, 2.45) is 7.05 Å². The molecule has 0 bridgehead atoms. The number of nitrogens with zero attached hydrogens (tertiary/aromatic N) is 5. The van der Waals surface area contributed by atoms with Gasteiger partial charge >= 0.3 is 6.29 Å². The normalized spacial score (nSPS) is 14.9. The molecule has 10 nitrogen and oxygen atoms in total. The number of fused-ring (bicyclic) bond motifs is 4. The van der Waals surface area contributed by atoms with Crippen LogP contribution < -0.4 is 19.9 Å². The average molecular weight is 542 g/mol. The largest absolute Gasteiger partial charge is 0.586 e. The molecule has 12 heteroatoms. The van der Waals surface area contributed by atoms with Gasteiger partial charge in [0, 0.05) is 41.6 Å². The summed E-state index contributed by atoms with van der Waals surface area (Å²) in [4.78, 5) is 30.3. The van der Waals surface area contributed by atoms with Gasteiger partial charge in [-0.15, -0.1) is 8.78 Å². The first kappa shape index (κ1) is 26.6. The van der Waals surface area contributed by atoms with Crippen molar-refractivity contribution >= 4 is 33.4 Å². The number of alkyl halides is 2. The minimum Gasteiger partial charge on any atom is -0.395 e. The van der Waals surface area contributed by atoms with Gasteiger partial charge in [-0.05, 0) is 38.2 Å². The topological polar surface area (TPSA) is 102 Å². The van der Waals surface area contributed by atoms with Crippen LogP contribution in [-0.2, 0) is 18.4 Å². The van der Waals surface area contributed by atoms with E-state index in [4.69, 9.17) is 0 Å². The summed E-state index contributed by atoms with van der Waals surface area (Å²) in [5, 5.41) is 17.1. The van der Waals surface area contributed by atoms with Crippen molar-refractivity contribution < 1.29 is 28.2 Å². The number of aliphatic hydroxyl groups excluding tert-OH is 1. The van der Waals surface area contributed by atoms with Gasteiger partial charge in [0.05, 0.1) is 0 Å². The number of para-hydroxylation sites is 1. The summed E-state index contributed by atoms with van der Waals surface area (Å²) < 4.78 is 38.7. The molecule has 3 heterocycles. The number of benzene rings is 2. The number of hydrogen-bond acceptors (Lipinski definition) is 7. The maximum absolute atomic E-state index is 13.7. The van der Waals surface area contributed by atoms with E-state index in [1.807, 2.05) is 38.1 Å². The maximum atomic E-state index is 13.7. The molecule has 39 heavy (non-hydrogen) atoms. The highest BCUT2D eigenvalue weighted by atomic mass is 19.3. The van der Waals surface area contributed by atoms with E-state index in [0.29, 0.717) is 29.7 Å². The van der Waals surface area contributed by atoms with Crippen LogP contribution in [0.5, 0.6) is 11.5 Å². The lowest BCUT2D eigenvalue weighted by atomic mass is 10.1. The Bertz CT molecular complexity index is 1630. The number of carbonyl (C=O) groups excluding carboxylic acids is 1. The van der Waals surface area contributed by atoms with Crippen LogP contribution in [0.1, 0.15) is 32.7 Å². The predicted molar refractivity (Wildman–Crippen MR) is 141 cm³/mol. The third-order valence-electron chi connectivity index (χ3n) is 7.03. The zero-order valence-corrected chi connectivity index (χ0v) is 22.0. The number of amides is 1. The van der Waals surface area contributed by atoms with Crippen LogP contribution in [0.3, 0.4) is 0 Å². The third-order valence-corrected chi connectivity index (χ3v) is 7.03. The van der Waals surface area contributed by atoms with Crippen LogP contribution in [0.4, 0.5) is 14.5 Å². The van der Waals surface area contributed by atoms with E-state index in [1.54, 1.807) is 23.4 Å². The Morgan fingerprint density at radius 3 is 2.46 bits per heavy atom. The van der Waals surface area contributed by atoms with E-state index in [2.05, 4.69) is 14.6 Å². The molecule has 1 unspecified atom stereocenters. The van der Waals surface area contributed by atoms with E-state index in [9.17, 15) is 23.5 Å². The molecule has 0 saturated heterocycles. The fraction of sp³-hybridized carbons (Fsp3) is 0.370. The zero-order valence-electron chi connectivity index (χ0n) is 22.0. The Balaban J connectivity index is 1.59. The molecule has 5 rings (SSSR count). The van der Waals surface area contributed by atoms with Crippen LogP contribution in [0.25, 0.3) is 21.8 Å². The number of ether oxygens (including phenoxy) is 2. The first-order chi connectivity index (χ1) is 18.6. The van der Waals surface area contributed by atoms with Gasteiger partial charge in [0.1, 0.15) is 17.8 Å². The highest BCUT2D eigenvalue weighted by molar-refractivity contribution is 6.09. The molecule has 0 aliphatic carbocycles. The van der Waals surface area contributed by atoms with Gasteiger partial charge in [-0.3, -0.25) is 14.5 Å². The summed E-state index contributed by atoms with van der Waals surface area (Å²) in [6, 6.07) is 11.5. The SMILES string of the molecule is CCN(C(=O)Cn1nc(C(O)N(CC)CC)c2c3ccccc3n(C)c2c1=O)c1ccc2c(c1)OC(F)(F)O2. The van der Waals surface area contributed by atoms with Crippen LogP contribution in [0.15, 0.2) is 47.3 Å². The van der Waals surface area contributed by atoms with Crippen molar-refractivity contribution in [2.75, 3.05) is 24.5 Å². The lowest BCUT2D eigenvalue weighted by Crippen LogP contribution is -2.39. The van der Waals surface area contributed by atoms with Crippen molar-refractivity contribution in [3.63, 3.8) is 0 Å². The molecule has 1 atom stereocenters. The van der Waals surface area contributed by atoms with Gasteiger partial charge in [-0.2, -0.15) is 5.10 Å². The van der Waals surface area contributed by atoms with Crippen molar-refractivity contribution in [3.05, 3.63) is 58.5 Å². The van der Waals surface area contributed by atoms with Crippen molar-refractivity contribution in [1.29, 1.82) is 0 Å². The Hall–Kier alpha value is -4.03. The van der Waals surface area contributed by atoms with Gasteiger partial charge in [-0.1, -0.05) is 32.0 Å². The standard InChI is InChI=1S/C27H29F2N5O5/c1-5-32(6-2)25(36)23-22-17-10-8-9-11-18(17)31(4)24(22)26(37)34(30-23)15-21(35)33(7-3)16-12-13-19-20(14-16)39-27(28,29)38-19/h8-14,25,36H,5-7,15H2,1-4H3. The van der Waals surface area contributed by atoms with Crippen LogP contribution >= 0.6 is 0 Å². The highest BCUT2D eigenvalue weighted by Crippen LogP contribution is 2.43. The van der Waals surface area contributed by atoms with Crippen LogP contribution in [-0.4, -0.2) is 56.2 Å². The molecule has 2 aromatic heterocycles. The fourth-order valence-electron chi connectivity index (χ4n) is 5.10. The third kappa shape index (κ3) is 4.49. The Morgan fingerprint density at radius 2 is 1.77 bits per heavy atom. The summed E-state index contributed by atoms with van der Waals surface area (Å²) in [6.45, 7) is 6.37. The maximum Gasteiger partial charge on any atom is 0.586 e. The number of aromatic nitrogens is 3. The number of hydrogen-bond donors (Lipinski definition) is 1. The van der Waals surface area contributed by atoms with E-state index < -0.39 is 30.5 Å². The van der Waals surface area contributed by atoms with Gasteiger partial charge in [-0.25, -0.2) is 4.68 Å². The molecular weight excluding hydrogens is 512 g/mol. The number of likely N-dealkylation sites (N-methyl/N-ethyl adjacent to an activating group) is 1. The van der Waals surface area contributed by atoms with Gasteiger partial charge in [0.25, 0.3) is 5.56 Å². The van der Waals surface area contributed by atoms with Gasteiger partial charge in [0.2, 0.25) is 5.91 Å². The molecule has 0 saturated carbocycles. The lowest BCUT2D eigenvalue weighted by Gasteiger charge is -2.26. The molecule has 2 aromatic carbocycles. The minimum atomic E-state index is -3.78. The van der Waals surface area contributed by atoms with Gasteiger partial charge < -0.3 is 24.0 Å². The monoisotopic (exact) mass is 541 g/mol. The average Bonchev–Trinajstić information content (AvgIpc) is 3.39. The summed E-state index contributed by atoms with van der Waals surface area (Å²) in [6.07, 6.45) is -4.90. The summed E-state index contributed by atoms with van der Waals surface area (Å²) >= 11 is 0. The predicted octanol–water partition coefficient (Wildman–Crippen LogP) is 3.60. The van der Waals surface area contributed by atoms with E-state index in [1.165, 1.54) is 23.1 Å². The Labute approximate surface area is 222 Å². The second-order valence-corrected chi connectivity index (χ2v) is 9.18. The fourth-order valence-corrected chi connectivity index (χ4v) is 5.10. The summed E-state index contributed by atoms with van der Waals surface area (Å²) in [7, 11) is 1.76. The molecule has 1 N–H and O–H groups in total. The second kappa shape index (κ2) is 9.93. The van der Waals surface area contributed by atoms with E-state index in [-0.39, 0.29) is 23.7 Å². The number of rotatable bonds is 8. The van der Waals surface area contributed by atoms with E-state index in [0.717, 1.165) is 15.6 Å². The smallest absolute Gasteiger partial charge is 0.395 e. The highest BCUT2D eigenvalue weighted by Gasteiger charge is 2.43. The zero-order chi connectivity index (χ0) is 28.1. The summed E-state index contributed by atoms with van der Waals surface area (Å²) in [5.41, 5.74) is 1.18. The van der Waals surface area contributed by atoms with E-state index >= 15 is 0 Å². The number of anilines is 1. The molecule has 0 radical (unpaired) electrons. The molecule has 1 aliphatic rings. The first-order valence-corrected chi connectivity index (χ1v) is 12.7. The Morgan fingerprint density at radius 1 is 1.08 bits per heavy atom. The summed E-state index contributed by atoms with van der Waals surface area (Å²) in [5.74, 6) is -0.832. The Kier molecular flexibility index (Phi) is 6.77. The molecule has 0 fully saturated rings. The second-order valence-electron chi connectivity index (χ2n) is 9.18. The first-order valence-electron chi connectivity index (χ1n) is 12.7.